The highest BCUT2D eigenvalue weighted by Crippen LogP contribution is 2.31. The Bertz CT molecular complexity index is 1490. The Balaban J connectivity index is 1.17. The van der Waals surface area contributed by atoms with E-state index < -0.39 is 11.7 Å². The van der Waals surface area contributed by atoms with Crippen LogP contribution in [0.1, 0.15) is 31.8 Å². The van der Waals surface area contributed by atoms with Gasteiger partial charge in [-0.05, 0) is 54.1 Å². The Kier molecular flexibility index (Phi) is 7.65. The van der Waals surface area contributed by atoms with E-state index in [9.17, 15) is 22.8 Å². The summed E-state index contributed by atoms with van der Waals surface area (Å²) in [7, 11) is 1.35. The van der Waals surface area contributed by atoms with Crippen molar-refractivity contribution < 1.29 is 32.0 Å². The summed E-state index contributed by atoms with van der Waals surface area (Å²) in [5.74, 6) is -0.102. The number of alkyl halides is 3. The number of nitrogens with zero attached hydrogens (tertiary/aromatic N) is 4. The van der Waals surface area contributed by atoms with E-state index in [4.69, 9.17) is 9.26 Å². The molecule has 0 aliphatic carbocycles. The predicted molar refractivity (Wildman–Crippen MR) is 139 cm³/mol. The largest absolute Gasteiger partial charge is 0.465 e. The number of methoxy groups -OCH3 is 1. The highest BCUT2D eigenvalue weighted by Gasteiger charge is 2.30. The van der Waals surface area contributed by atoms with Crippen LogP contribution in [0.15, 0.2) is 77.3 Å². The van der Waals surface area contributed by atoms with Crippen LogP contribution in [-0.2, 0) is 17.5 Å². The second kappa shape index (κ2) is 11.3. The second-order valence-electron chi connectivity index (χ2n) is 9.34. The van der Waals surface area contributed by atoms with Crippen LogP contribution in [-0.4, -0.2) is 65.1 Å². The van der Waals surface area contributed by atoms with Crippen molar-refractivity contribution in [3.8, 4) is 22.8 Å². The first-order valence-corrected chi connectivity index (χ1v) is 12.5. The SMILES string of the molecule is COC(=O)c1cccc(CN2CCN(C(=O)c3ccc(-c4nc(-c5ccc(C(F)(F)F)cc5)no4)cc3)CC2)c1. The molecular weight excluding hydrogens is 525 g/mol. The van der Waals surface area contributed by atoms with Gasteiger partial charge in [-0.1, -0.05) is 29.4 Å². The molecule has 0 atom stereocenters. The van der Waals surface area contributed by atoms with Gasteiger partial charge in [-0.15, -0.1) is 0 Å². The second-order valence-corrected chi connectivity index (χ2v) is 9.34. The number of amides is 1. The van der Waals surface area contributed by atoms with E-state index >= 15 is 0 Å². The van der Waals surface area contributed by atoms with Gasteiger partial charge in [0.25, 0.3) is 11.8 Å². The molecule has 0 unspecified atom stereocenters. The quantitative estimate of drug-likeness (QED) is 0.306. The van der Waals surface area contributed by atoms with E-state index in [0.717, 1.165) is 17.7 Å². The molecule has 8 nitrogen and oxygen atoms in total. The van der Waals surface area contributed by atoms with Crippen molar-refractivity contribution >= 4 is 11.9 Å². The van der Waals surface area contributed by atoms with Gasteiger partial charge in [0.2, 0.25) is 5.82 Å². The molecule has 206 valence electrons. The maximum absolute atomic E-state index is 13.1. The number of rotatable bonds is 6. The van der Waals surface area contributed by atoms with Crippen molar-refractivity contribution in [3.63, 3.8) is 0 Å². The van der Waals surface area contributed by atoms with Crippen molar-refractivity contribution in [2.24, 2.45) is 0 Å². The Morgan fingerprint density at radius 1 is 0.900 bits per heavy atom. The van der Waals surface area contributed by atoms with Crippen LogP contribution in [0.2, 0.25) is 0 Å². The molecule has 1 aliphatic heterocycles. The highest BCUT2D eigenvalue weighted by molar-refractivity contribution is 5.94. The number of benzene rings is 3. The average molecular weight is 551 g/mol. The fourth-order valence-corrected chi connectivity index (χ4v) is 4.49. The third-order valence-electron chi connectivity index (χ3n) is 6.69. The molecule has 1 amide bonds. The summed E-state index contributed by atoms with van der Waals surface area (Å²) < 4.78 is 48.5. The van der Waals surface area contributed by atoms with Gasteiger partial charge < -0.3 is 14.2 Å². The molecule has 3 aromatic carbocycles. The molecule has 1 aliphatic rings. The maximum Gasteiger partial charge on any atom is 0.416 e. The van der Waals surface area contributed by atoms with Crippen LogP contribution < -0.4 is 0 Å². The van der Waals surface area contributed by atoms with Crippen molar-refractivity contribution in [3.05, 3.63) is 95.1 Å². The lowest BCUT2D eigenvalue weighted by molar-refractivity contribution is -0.137. The summed E-state index contributed by atoms with van der Waals surface area (Å²) in [5.41, 5.74) is 2.25. The van der Waals surface area contributed by atoms with Crippen LogP contribution in [0.25, 0.3) is 22.8 Å². The van der Waals surface area contributed by atoms with E-state index in [1.165, 1.54) is 19.2 Å². The summed E-state index contributed by atoms with van der Waals surface area (Å²) in [6, 6.07) is 18.6. The minimum atomic E-state index is -4.42. The Hall–Kier alpha value is -4.51. The number of esters is 1. The molecule has 11 heteroatoms. The molecule has 0 spiro atoms. The van der Waals surface area contributed by atoms with E-state index in [1.54, 1.807) is 35.2 Å². The van der Waals surface area contributed by atoms with Crippen LogP contribution in [0.4, 0.5) is 13.2 Å². The fourth-order valence-electron chi connectivity index (χ4n) is 4.49. The molecule has 2 heterocycles. The lowest BCUT2D eigenvalue weighted by Gasteiger charge is -2.34. The first kappa shape index (κ1) is 27.1. The molecular formula is C29H25F3N4O4. The molecule has 40 heavy (non-hydrogen) atoms. The highest BCUT2D eigenvalue weighted by atomic mass is 19.4. The molecule has 0 N–H and O–H groups in total. The zero-order chi connectivity index (χ0) is 28.3. The summed E-state index contributed by atoms with van der Waals surface area (Å²) in [6.07, 6.45) is -4.42. The molecule has 1 aromatic heterocycles. The van der Waals surface area contributed by atoms with Crippen molar-refractivity contribution in [2.75, 3.05) is 33.3 Å². The minimum Gasteiger partial charge on any atom is -0.465 e. The normalized spacial score (nSPS) is 14.2. The van der Waals surface area contributed by atoms with Crippen molar-refractivity contribution in [1.82, 2.24) is 19.9 Å². The van der Waals surface area contributed by atoms with E-state index in [-0.39, 0.29) is 23.6 Å². The standard InChI is InChI=1S/C29H25F3N4O4/c1-39-28(38)23-4-2-3-19(17-23)18-35-13-15-36(16-14-35)27(37)22-7-5-21(6-8-22)26-33-25(34-40-26)20-9-11-24(12-10-20)29(30,31)32/h2-12,17H,13-16,18H2,1H3. The predicted octanol–water partition coefficient (Wildman–Crippen LogP) is 5.17. The third kappa shape index (κ3) is 6.04. The van der Waals surface area contributed by atoms with Crippen LogP contribution >= 0.6 is 0 Å². The maximum atomic E-state index is 13.1. The van der Waals surface area contributed by atoms with Crippen molar-refractivity contribution in [1.29, 1.82) is 0 Å². The number of hydrogen-bond acceptors (Lipinski definition) is 7. The number of carbonyl (C=O) groups is 2. The smallest absolute Gasteiger partial charge is 0.416 e. The Morgan fingerprint density at radius 3 is 2.23 bits per heavy atom. The van der Waals surface area contributed by atoms with E-state index in [1.807, 2.05) is 18.2 Å². The third-order valence-corrected chi connectivity index (χ3v) is 6.69. The zero-order valence-corrected chi connectivity index (χ0v) is 21.5. The number of aromatic nitrogens is 2. The van der Waals surface area contributed by atoms with Gasteiger partial charge in [-0.25, -0.2) is 4.79 Å². The first-order valence-electron chi connectivity index (χ1n) is 12.5. The minimum absolute atomic E-state index is 0.0881. The first-order chi connectivity index (χ1) is 19.2. The van der Waals surface area contributed by atoms with Crippen LogP contribution in [0.3, 0.4) is 0 Å². The molecule has 4 aromatic rings. The Labute approximate surface area is 228 Å². The average Bonchev–Trinajstić information content (AvgIpc) is 3.47. The van der Waals surface area contributed by atoms with Gasteiger partial charge in [-0.2, -0.15) is 18.2 Å². The van der Waals surface area contributed by atoms with Crippen LogP contribution in [0.5, 0.6) is 0 Å². The number of halogens is 3. The van der Waals surface area contributed by atoms with E-state index in [0.29, 0.717) is 55.0 Å². The van der Waals surface area contributed by atoms with Gasteiger partial charge in [0.05, 0.1) is 18.2 Å². The lowest BCUT2D eigenvalue weighted by atomic mass is 10.1. The van der Waals surface area contributed by atoms with E-state index in [2.05, 4.69) is 15.0 Å². The van der Waals surface area contributed by atoms with Gasteiger partial charge in [0.15, 0.2) is 0 Å². The number of hydrogen-bond donors (Lipinski definition) is 0. The monoisotopic (exact) mass is 550 g/mol. The number of piperazine rings is 1. The van der Waals surface area contributed by atoms with Crippen molar-refractivity contribution in [2.45, 2.75) is 12.7 Å². The Morgan fingerprint density at radius 2 is 1.57 bits per heavy atom. The van der Waals surface area contributed by atoms with Gasteiger partial charge in [-0.3, -0.25) is 9.69 Å². The molecule has 1 saturated heterocycles. The van der Waals surface area contributed by atoms with Crippen LogP contribution in [0, 0.1) is 0 Å². The molecule has 0 radical (unpaired) electrons. The van der Waals surface area contributed by atoms with Gasteiger partial charge in [0.1, 0.15) is 0 Å². The number of carbonyl (C=O) groups excluding carboxylic acids is 2. The topological polar surface area (TPSA) is 88.8 Å². The summed E-state index contributed by atoms with van der Waals surface area (Å²) in [4.78, 5) is 33.2. The molecule has 5 rings (SSSR count). The van der Waals surface area contributed by atoms with Gasteiger partial charge >= 0.3 is 12.1 Å². The van der Waals surface area contributed by atoms with Gasteiger partial charge in [0, 0.05) is 49.4 Å². The summed E-state index contributed by atoms with van der Waals surface area (Å²) >= 11 is 0. The lowest BCUT2D eigenvalue weighted by Crippen LogP contribution is -2.48. The summed E-state index contributed by atoms with van der Waals surface area (Å²) in [6.45, 7) is 3.19. The number of ether oxygens (including phenoxy) is 1. The molecule has 0 bridgehead atoms. The summed E-state index contributed by atoms with van der Waals surface area (Å²) in [5, 5.41) is 3.87. The molecule has 0 saturated carbocycles. The fraction of sp³-hybridized carbons (Fsp3) is 0.241. The molecule has 1 fully saturated rings. The zero-order valence-electron chi connectivity index (χ0n) is 21.5.